The molecule has 2 rings (SSSR count). The minimum atomic E-state index is -0.133. The summed E-state index contributed by atoms with van der Waals surface area (Å²) in [6.07, 6.45) is 0.0183. The normalized spacial score (nSPS) is 23.7. The third-order valence-electron chi connectivity index (χ3n) is 3.60. The van der Waals surface area contributed by atoms with E-state index in [4.69, 9.17) is 9.47 Å². The van der Waals surface area contributed by atoms with Crippen LogP contribution in [0.3, 0.4) is 0 Å². The minimum absolute atomic E-state index is 0.0602. The second-order valence-corrected chi connectivity index (χ2v) is 5.48. The average molecular weight is 292 g/mol. The lowest BCUT2D eigenvalue weighted by molar-refractivity contribution is -0.0547. The van der Waals surface area contributed by atoms with Crippen molar-refractivity contribution in [3.63, 3.8) is 0 Å². The Balaban J connectivity index is 1.88. The molecular weight excluding hydrogens is 268 g/mol. The number of carbonyl (C=O) groups excluding carboxylic acids is 1. The van der Waals surface area contributed by atoms with Crippen molar-refractivity contribution in [2.75, 3.05) is 26.7 Å². The van der Waals surface area contributed by atoms with E-state index in [0.717, 1.165) is 5.56 Å². The predicted molar refractivity (Wildman–Crippen MR) is 81.2 cm³/mol. The molecule has 1 aromatic rings. The lowest BCUT2D eigenvalue weighted by atomic mass is 10.1. The minimum Gasteiger partial charge on any atom is -0.375 e. The highest BCUT2D eigenvalue weighted by Gasteiger charge is 2.26. The number of amides is 2. The first-order valence-electron chi connectivity index (χ1n) is 7.36. The van der Waals surface area contributed by atoms with Crippen molar-refractivity contribution in [2.45, 2.75) is 32.2 Å². The molecule has 0 spiro atoms. The third kappa shape index (κ3) is 4.44. The molecule has 1 fully saturated rings. The maximum Gasteiger partial charge on any atom is 0.317 e. The highest BCUT2D eigenvalue weighted by molar-refractivity contribution is 5.74. The van der Waals surface area contributed by atoms with Gasteiger partial charge in [0.1, 0.15) is 0 Å². The molecule has 5 heteroatoms. The van der Waals surface area contributed by atoms with E-state index in [-0.39, 0.29) is 24.3 Å². The Labute approximate surface area is 126 Å². The quantitative estimate of drug-likeness (QED) is 0.925. The van der Waals surface area contributed by atoms with E-state index in [0.29, 0.717) is 19.6 Å². The van der Waals surface area contributed by atoms with E-state index in [1.54, 1.807) is 12.0 Å². The molecule has 1 aliphatic heterocycles. The van der Waals surface area contributed by atoms with Crippen molar-refractivity contribution in [1.29, 1.82) is 0 Å². The Hall–Kier alpha value is -1.59. The van der Waals surface area contributed by atoms with Gasteiger partial charge in [-0.25, -0.2) is 4.79 Å². The number of morpholine rings is 1. The van der Waals surface area contributed by atoms with Gasteiger partial charge in [-0.15, -0.1) is 0 Å². The summed E-state index contributed by atoms with van der Waals surface area (Å²) < 4.78 is 11.1. The molecule has 0 aliphatic carbocycles. The summed E-state index contributed by atoms with van der Waals surface area (Å²) >= 11 is 0. The van der Waals surface area contributed by atoms with Crippen molar-refractivity contribution in [2.24, 2.45) is 0 Å². The number of rotatable bonds is 4. The molecule has 1 heterocycles. The van der Waals surface area contributed by atoms with Crippen LogP contribution in [0, 0.1) is 0 Å². The Morgan fingerprint density at radius 2 is 1.95 bits per heavy atom. The topological polar surface area (TPSA) is 50.8 Å². The molecule has 1 aromatic carbocycles. The van der Waals surface area contributed by atoms with Gasteiger partial charge in [0.15, 0.2) is 0 Å². The predicted octanol–water partition coefficient (Wildman–Crippen LogP) is 2.19. The standard InChI is InChI=1S/C16H24N2O3/c1-12-10-18(11-13(2)21-12)16(19)17-9-15(20-3)14-7-5-4-6-8-14/h4-8,12-13,15H,9-11H2,1-3H3,(H,17,19). The van der Waals surface area contributed by atoms with Gasteiger partial charge >= 0.3 is 6.03 Å². The molecule has 3 atom stereocenters. The van der Waals surface area contributed by atoms with E-state index >= 15 is 0 Å². The second kappa shape index (κ2) is 7.43. The van der Waals surface area contributed by atoms with Gasteiger partial charge in [0, 0.05) is 26.7 Å². The first kappa shape index (κ1) is 15.8. The van der Waals surface area contributed by atoms with Crippen molar-refractivity contribution >= 4 is 6.03 Å². The molecule has 1 aliphatic rings. The molecule has 1 saturated heterocycles. The molecule has 0 aromatic heterocycles. The molecule has 1 N–H and O–H groups in total. The van der Waals surface area contributed by atoms with Crippen LogP contribution in [0.15, 0.2) is 30.3 Å². The third-order valence-corrected chi connectivity index (χ3v) is 3.60. The number of urea groups is 1. The van der Waals surface area contributed by atoms with E-state index in [1.807, 2.05) is 44.2 Å². The van der Waals surface area contributed by atoms with Gasteiger partial charge in [0.25, 0.3) is 0 Å². The number of methoxy groups -OCH3 is 1. The average Bonchev–Trinajstić information content (AvgIpc) is 2.47. The number of nitrogens with zero attached hydrogens (tertiary/aromatic N) is 1. The molecule has 0 saturated carbocycles. The van der Waals surface area contributed by atoms with Crippen LogP contribution in [0.25, 0.3) is 0 Å². The molecule has 21 heavy (non-hydrogen) atoms. The number of nitrogens with one attached hydrogen (secondary N) is 1. The fraction of sp³-hybridized carbons (Fsp3) is 0.562. The van der Waals surface area contributed by atoms with E-state index in [9.17, 15) is 4.79 Å². The molecular formula is C16H24N2O3. The van der Waals surface area contributed by atoms with Crippen LogP contribution in [-0.2, 0) is 9.47 Å². The molecule has 116 valence electrons. The largest absolute Gasteiger partial charge is 0.375 e. The molecule has 0 radical (unpaired) electrons. The van der Waals surface area contributed by atoms with E-state index < -0.39 is 0 Å². The number of benzene rings is 1. The van der Waals surface area contributed by atoms with Crippen LogP contribution in [0.4, 0.5) is 4.79 Å². The zero-order valence-electron chi connectivity index (χ0n) is 12.9. The van der Waals surface area contributed by atoms with Crippen molar-refractivity contribution < 1.29 is 14.3 Å². The van der Waals surface area contributed by atoms with Gasteiger partial charge in [-0.3, -0.25) is 0 Å². The van der Waals surface area contributed by atoms with Crippen LogP contribution in [0.2, 0.25) is 0 Å². The first-order valence-corrected chi connectivity index (χ1v) is 7.36. The van der Waals surface area contributed by atoms with Gasteiger partial charge in [-0.1, -0.05) is 30.3 Å². The van der Waals surface area contributed by atoms with Gasteiger partial charge in [0.2, 0.25) is 0 Å². The van der Waals surface area contributed by atoms with Crippen LogP contribution >= 0.6 is 0 Å². The number of carbonyl (C=O) groups is 1. The summed E-state index contributed by atoms with van der Waals surface area (Å²) in [5.74, 6) is 0. The Kier molecular flexibility index (Phi) is 5.59. The summed E-state index contributed by atoms with van der Waals surface area (Å²) in [5.41, 5.74) is 1.06. The maximum atomic E-state index is 12.2. The number of hydrogen-bond acceptors (Lipinski definition) is 3. The monoisotopic (exact) mass is 292 g/mol. The lowest BCUT2D eigenvalue weighted by Crippen LogP contribution is -2.52. The fourth-order valence-electron chi connectivity index (χ4n) is 2.64. The summed E-state index contributed by atoms with van der Waals surface area (Å²) in [5, 5.41) is 2.95. The van der Waals surface area contributed by atoms with Crippen molar-refractivity contribution in [3.05, 3.63) is 35.9 Å². The van der Waals surface area contributed by atoms with Crippen LogP contribution in [0.1, 0.15) is 25.5 Å². The highest BCUT2D eigenvalue weighted by Crippen LogP contribution is 2.15. The van der Waals surface area contributed by atoms with Gasteiger partial charge < -0.3 is 19.7 Å². The van der Waals surface area contributed by atoms with Crippen LogP contribution < -0.4 is 5.32 Å². The number of ether oxygens (including phenoxy) is 2. The zero-order valence-corrected chi connectivity index (χ0v) is 12.9. The highest BCUT2D eigenvalue weighted by atomic mass is 16.5. The van der Waals surface area contributed by atoms with E-state index in [1.165, 1.54) is 0 Å². The van der Waals surface area contributed by atoms with Crippen LogP contribution in [0.5, 0.6) is 0 Å². The zero-order chi connectivity index (χ0) is 15.2. The lowest BCUT2D eigenvalue weighted by Gasteiger charge is -2.35. The first-order chi connectivity index (χ1) is 10.1. The van der Waals surface area contributed by atoms with E-state index in [2.05, 4.69) is 5.32 Å². The second-order valence-electron chi connectivity index (χ2n) is 5.48. The summed E-state index contributed by atoms with van der Waals surface area (Å²) in [4.78, 5) is 14.0. The van der Waals surface area contributed by atoms with Crippen molar-refractivity contribution in [3.8, 4) is 0 Å². The maximum absolute atomic E-state index is 12.2. The molecule has 0 bridgehead atoms. The molecule has 2 amide bonds. The van der Waals surface area contributed by atoms with Crippen molar-refractivity contribution in [1.82, 2.24) is 10.2 Å². The molecule has 3 unspecified atom stereocenters. The van der Waals surface area contributed by atoms with Gasteiger partial charge in [-0.2, -0.15) is 0 Å². The molecule has 5 nitrogen and oxygen atoms in total. The SMILES string of the molecule is COC(CNC(=O)N1CC(C)OC(C)C1)c1ccccc1. The smallest absolute Gasteiger partial charge is 0.317 e. The Bertz CT molecular complexity index is 442. The summed E-state index contributed by atoms with van der Waals surface area (Å²) in [6.45, 7) is 5.67. The summed E-state index contributed by atoms with van der Waals surface area (Å²) in [6, 6.07) is 9.84. The number of hydrogen-bond donors (Lipinski definition) is 1. The van der Waals surface area contributed by atoms with Gasteiger partial charge in [0.05, 0.1) is 18.3 Å². The van der Waals surface area contributed by atoms with Crippen LogP contribution in [-0.4, -0.2) is 49.9 Å². The van der Waals surface area contributed by atoms with Gasteiger partial charge in [-0.05, 0) is 19.4 Å². The Morgan fingerprint density at radius 3 is 2.52 bits per heavy atom. The Morgan fingerprint density at radius 1 is 1.33 bits per heavy atom. The fourth-order valence-corrected chi connectivity index (χ4v) is 2.64. The summed E-state index contributed by atoms with van der Waals surface area (Å²) in [7, 11) is 1.66.